The van der Waals surface area contributed by atoms with E-state index >= 15 is 0 Å². The van der Waals surface area contributed by atoms with Crippen LogP contribution in [0, 0.1) is 5.82 Å². The van der Waals surface area contributed by atoms with Gasteiger partial charge in [0.25, 0.3) is 5.91 Å². The Kier molecular flexibility index (Phi) is 5.29. The second-order valence-corrected chi connectivity index (χ2v) is 6.80. The fourth-order valence-corrected chi connectivity index (χ4v) is 3.84. The van der Waals surface area contributed by atoms with Crippen molar-refractivity contribution in [3.8, 4) is 0 Å². The smallest absolute Gasteiger partial charge is 0.266 e. The number of rotatable bonds is 6. The maximum Gasteiger partial charge on any atom is 0.266 e. The molecule has 0 unspecified atom stereocenters. The number of nitrogens with one attached hydrogen (secondary N) is 1. The van der Waals surface area contributed by atoms with E-state index in [1.807, 2.05) is 0 Å². The highest BCUT2D eigenvalue weighted by Crippen LogP contribution is 2.34. The third-order valence-electron chi connectivity index (χ3n) is 3.85. The van der Waals surface area contributed by atoms with Gasteiger partial charge in [-0.1, -0.05) is 18.2 Å². The monoisotopic (exact) mass is 372 g/mol. The van der Waals surface area contributed by atoms with E-state index in [0.717, 1.165) is 5.56 Å². The van der Waals surface area contributed by atoms with Crippen LogP contribution in [0.1, 0.15) is 20.8 Å². The van der Waals surface area contributed by atoms with Crippen LogP contribution < -0.4 is 11.1 Å². The number of fused-ring (bicyclic) bond motifs is 1. The number of amides is 2. The van der Waals surface area contributed by atoms with E-state index in [1.165, 1.54) is 24.5 Å². The summed E-state index contributed by atoms with van der Waals surface area (Å²) in [7, 11) is 1.50. The first-order chi connectivity index (χ1) is 12.5. The molecule has 0 radical (unpaired) electrons. The first-order valence-corrected chi connectivity index (χ1v) is 8.68. The van der Waals surface area contributed by atoms with Crippen LogP contribution in [0.3, 0.4) is 0 Å². The minimum atomic E-state index is -0.418. The zero-order valence-corrected chi connectivity index (χ0v) is 14.9. The van der Waals surface area contributed by atoms with Crippen LogP contribution in [-0.4, -0.2) is 18.9 Å². The third kappa shape index (κ3) is 3.74. The number of thiophene rings is 1. The van der Waals surface area contributed by atoms with E-state index in [0.29, 0.717) is 26.2 Å². The molecule has 0 aliphatic carbocycles. The summed E-state index contributed by atoms with van der Waals surface area (Å²) in [6, 6.07) is 11.6. The quantitative estimate of drug-likeness (QED) is 0.695. The minimum absolute atomic E-state index is 0.140. The van der Waals surface area contributed by atoms with E-state index < -0.39 is 5.91 Å². The number of nitrogens with two attached hydrogens (primary N) is 1. The van der Waals surface area contributed by atoms with Crippen molar-refractivity contribution in [2.24, 2.45) is 5.73 Å². The van der Waals surface area contributed by atoms with E-state index in [9.17, 15) is 14.0 Å². The highest BCUT2D eigenvalue weighted by Gasteiger charge is 2.20. The molecule has 2 aromatic carbocycles. The Morgan fingerprint density at radius 3 is 2.58 bits per heavy atom. The number of hydrogen-bond acceptors (Lipinski definition) is 4. The molecule has 0 aliphatic rings. The lowest BCUT2D eigenvalue weighted by Crippen LogP contribution is -2.14. The second-order valence-electron chi connectivity index (χ2n) is 5.75. The number of hydrogen-bond donors (Lipinski definition) is 2. The summed E-state index contributed by atoms with van der Waals surface area (Å²) in [5, 5.41) is 3.21. The maximum absolute atomic E-state index is 14.2. The molecular formula is C19H17FN2O3S. The first kappa shape index (κ1) is 18.0. The molecule has 3 rings (SSSR count). The predicted octanol–water partition coefficient (Wildman–Crippen LogP) is 3.47. The van der Waals surface area contributed by atoms with Crippen LogP contribution in [0.25, 0.3) is 10.1 Å². The Bertz CT molecular complexity index is 967. The summed E-state index contributed by atoms with van der Waals surface area (Å²) in [5.74, 6) is -1.13. The lowest BCUT2D eigenvalue weighted by molar-refractivity contribution is -0.117. The topological polar surface area (TPSA) is 81.4 Å². The Labute approximate surface area is 153 Å². The standard InChI is InChI=1S/C19H17FN2O3S/c1-25-10-13-17-14(20)3-2-4-15(17)26-18(13)19(24)22-12-7-5-11(6-8-12)9-16(21)23/h2-8H,9-10H2,1H3,(H2,21,23)(H,22,24). The zero-order chi connectivity index (χ0) is 18.7. The van der Waals surface area contributed by atoms with E-state index in [-0.39, 0.29) is 24.8 Å². The van der Waals surface area contributed by atoms with Gasteiger partial charge < -0.3 is 15.8 Å². The van der Waals surface area contributed by atoms with Crippen LogP contribution in [0.5, 0.6) is 0 Å². The molecule has 0 spiro atoms. The van der Waals surface area contributed by atoms with Gasteiger partial charge in [0.05, 0.1) is 17.9 Å². The number of ether oxygens (including phenoxy) is 1. The van der Waals surface area contributed by atoms with E-state index in [4.69, 9.17) is 10.5 Å². The molecule has 2 amide bonds. The van der Waals surface area contributed by atoms with Crippen molar-refractivity contribution in [3.63, 3.8) is 0 Å². The van der Waals surface area contributed by atoms with Gasteiger partial charge in [-0.25, -0.2) is 4.39 Å². The van der Waals surface area contributed by atoms with Crippen LogP contribution in [0.15, 0.2) is 42.5 Å². The van der Waals surface area contributed by atoms with Crippen LogP contribution in [0.4, 0.5) is 10.1 Å². The lowest BCUT2D eigenvalue weighted by Gasteiger charge is -2.07. The van der Waals surface area contributed by atoms with E-state index in [2.05, 4.69) is 5.32 Å². The number of anilines is 1. The van der Waals surface area contributed by atoms with Crippen molar-refractivity contribution >= 4 is 38.9 Å². The summed E-state index contributed by atoms with van der Waals surface area (Å²) in [4.78, 5) is 24.1. The van der Waals surface area contributed by atoms with Gasteiger partial charge in [-0.3, -0.25) is 9.59 Å². The predicted molar refractivity (Wildman–Crippen MR) is 99.8 cm³/mol. The van der Waals surface area contributed by atoms with Gasteiger partial charge >= 0.3 is 0 Å². The molecule has 0 saturated heterocycles. The summed E-state index contributed by atoms with van der Waals surface area (Å²) >= 11 is 1.22. The highest BCUT2D eigenvalue weighted by atomic mass is 32.1. The van der Waals surface area contributed by atoms with Gasteiger partial charge in [-0.2, -0.15) is 0 Å². The number of carbonyl (C=O) groups excluding carboxylic acids is 2. The van der Waals surface area contributed by atoms with Crippen LogP contribution in [-0.2, 0) is 22.6 Å². The highest BCUT2D eigenvalue weighted by molar-refractivity contribution is 7.21. The molecule has 0 bridgehead atoms. The minimum Gasteiger partial charge on any atom is -0.380 e. The average molecular weight is 372 g/mol. The normalized spacial score (nSPS) is 10.8. The molecule has 3 aromatic rings. The Hall–Kier alpha value is -2.77. The SMILES string of the molecule is COCc1c(C(=O)Nc2ccc(CC(N)=O)cc2)sc2cccc(F)c12. The van der Waals surface area contributed by atoms with Gasteiger partial charge in [0, 0.05) is 28.4 Å². The van der Waals surface area contributed by atoms with Crippen molar-refractivity contribution in [2.75, 3.05) is 12.4 Å². The average Bonchev–Trinajstić information content (AvgIpc) is 2.97. The number of methoxy groups -OCH3 is 1. The number of halogens is 1. The second kappa shape index (κ2) is 7.63. The Morgan fingerprint density at radius 2 is 1.92 bits per heavy atom. The van der Waals surface area contributed by atoms with Crippen molar-refractivity contribution in [3.05, 3.63) is 64.3 Å². The summed E-state index contributed by atoms with van der Waals surface area (Å²) < 4.78 is 20.1. The van der Waals surface area contributed by atoms with Crippen molar-refractivity contribution in [1.29, 1.82) is 0 Å². The molecule has 1 aromatic heterocycles. The molecule has 7 heteroatoms. The number of primary amides is 1. The van der Waals surface area contributed by atoms with Gasteiger partial charge in [0.1, 0.15) is 5.82 Å². The number of benzene rings is 2. The molecule has 134 valence electrons. The maximum atomic E-state index is 14.2. The molecule has 3 N–H and O–H groups in total. The van der Waals surface area contributed by atoms with E-state index in [1.54, 1.807) is 36.4 Å². The van der Waals surface area contributed by atoms with Gasteiger partial charge in [-0.05, 0) is 29.8 Å². The van der Waals surface area contributed by atoms with Gasteiger partial charge in [-0.15, -0.1) is 11.3 Å². The summed E-state index contributed by atoms with van der Waals surface area (Å²) in [6.07, 6.45) is 0.141. The van der Waals surface area contributed by atoms with Gasteiger partial charge in [0.2, 0.25) is 5.91 Å². The molecule has 0 aliphatic heterocycles. The lowest BCUT2D eigenvalue weighted by atomic mass is 10.1. The zero-order valence-electron chi connectivity index (χ0n) is 14.0. The third-order valence-corrected chi connectivity index (χ3v) is 5.04. The van der Waals surface area contributed by atoms with Gasteiger partial charge in [0.15, 0.2) is 0 Å². The molecule has 0 fully saturated rings. The molecule has 5 nitrogen and oxygen atoms in total. The molecular weight excluding hydrogens is 355 g/mol. The molecule has 0 atom stereocenters. The molecule has 0 saturated carbocycles. The summed E-state index contributed by atoms with van der Waals surface area (Å²) in [6.45, 7) is 0.140. The van der Waals surface area contributed by atoms with Crippen molar-refractivity contribution in [1.82, 2.24) is 0 Å². The summed E-state index contributed by atoms with van der Waals surface area (Å²) in [5.41, 5.74) is 7.04. The Morgan fingerprint density at radius 1 is 1.19 bits per heavy atom. The molecule has 26 heavy (non-hydrogen) atoms. The van der Waals surface area contributed by atoms with Crippen LogP contribution >= 0.6 is 11.3 Å². The van der Waals surface area contributed by atoms with Crippen LogP contribution in [0.2, 0.25) is 0 Å². The number of carbonyl (C=O) groups is 2. The first-order valence-electron chi connectivity index (χ1n) is 7.87. The Balaban J connectivity index is 1.89. The fraction of sp³-hybridized carbons (Fsp3) is 0.158. The molecule has 1 heterocycles. The van der Waals surface area contributed by atoms with Crippen molar-refractivity contribution < 1.29 is 18.7 Å². The van der Waals surface area contributed by atoms with Crippen molar-refractivity contribution in [2.45, 2.75) is 13.0 Å². The largest absolute Gasteiger partial charge is 0.380 e. The fourth-order valence-electron chi connectivity index (χ4n) is 2.73.